The second-order valence-corrected chi connectivity index (χ2v) is 12.9. The standard InChI is InChI=1S/C14H17BrF2O3SSi/c1-5-19-12(18)13(14(15,16)17)11(22(2,3)4)10(20-13)9-7-6-8-21-9/h6-8H,5H2,1-4H3/t13-/m1/s1. The third-order valence-corrected chi connectivity index (χ3v) is 6.80. The van der Waals surface area contributed by atoms with Gasteiger partial charge in [-0.05, 0) is 34.3 Å². The summed E-state index contributed by atoms with van der Waals surface area (Å²) in [5.74, 6) is -0.657. The van der Waals surface area contributed by atoms with Gasteiger partial charge in [0.15, 0.2) is 0 Å². The first kappa shape index (κ1) is 17.6. The average Bonchev–Trinajstić information content (AvgIpc) is 2.77. The Hall–Kier alpha value is -0.733. The van der Waals surface area contributed by atoms with Gasteiger partial charge in [0, 0.05) is 5.20 Å². The van der Waals surface area contributed by atoms with E-state index in [1.165, 1.54) is 11.3 Å². The minimum absolute atomic E-state index is 0.0142. The van der Waals surface area contributed by atoms with Crippen LogP contribution < -0.4 is 0 Å². The van der Waals surface area contributed by atoms with Crippen LogP contribution in [-0.2, 0) is 14.3 Å². The van der Waals surface area contributed by atoms with Crippen molar-refractivity contribution >= 4 is 47.1 Å². The predicted octanol–water partition coefficient (Wildman–Crippen LogP) is 4.66. The highest BCUT2D eigenvalue weighted by Gasteiger charge is 2.72. The van der Waals surface area contributed by atoms with Gasteiger partial charge in [0.25, 0.3) is 5.60 Å². The van der Waals surface area contributed by atoms with E-state index in [2.05, 4.69) is 15.9 Å². The Balaban J connectivity index is 2.65. The molecule has 0 amide bonds. The van der Waals surface area contributed by atoms with Crippen LogP contribution in [0.2, 0.25) is 19.6 Å². The zero-order chi connectivity index (χ0) is 16.8. The molecule has 0 aromatic carbocycles. The number of hydrogen-bond donors (Lipinski definition) is 0. The van der Waals surface area contributed by atoms with Gasteiger partial charge in [-0.2, -0.15) is 8.78 Å². The molecule has 1 aliphatic rings. The van der Waals surface area contributed by atoms with Crippen molar-refractivity contribution in [3.05, 3.63) is 27.6 Å². The molecule has 0 bridgehead atoms. The van der Waals surface area contributed by atoms with Crippen molar-refractivity contribution in [1.82, 2.24) is 0 Å². The minimum Gasteiger partial charge on any atom is -0.463 e. The molecule has 122 valence electrons. The maximum atomic E-state index is 14.3. The summed E-state index contributed by atoms with van der Waals surface area (Å²) >= 11 is 3.73. The van der Waals surface area contributed by atoms with Gasteiger partial charge >= 0.3 is 10.8 Å². The molecule has 22 heavy (non-hydrogen) atoms. The Morgan fingerprint density at radius 1 is 1.50 bits per heavy atom. The first-order valence-electron chi connectivity index (χ1n) is 6.77. The van der Waals surface area contributed by atoms with Gasteiger partial charge < -0.3 is 9.47 Å². The molecule has 2 heterocycles. The minimum atomic E-state index is -3.54. The Morgan fingerprint density at radius 2 is 2.14 bits per heavy atom. The summed E-state index contributed by atoms with van der Waals surface area (Å²) in [6, 6.07) is 3.61. The lowest BCUT2D eigenvalue weighted by Crippen LogP contribution is -2.65. The lowest BCUT2D eigenvalue weighted by Gasteiger charge is -2.49. The van der Waals surface area contributed by atoms with Crippen molar-refractivity contribution in [2.75, 3.05) is 6.61 Å². The lowest BCUT2D eigenvalue weighted by molar-refractivity contribution is -0.183. The highest BCUT2D eigenvalue weighted by molar-refractivity contribution is 9.10. The fraction of sp³-hybridized carbons (Fsp3) is 0.500. The van der Waals surface area contributed by atoms with E-state index in [1.807, 2.05) is 31.1 Å². The Labute approximate surface area is 141 Å². The summed E-state index contributed by atoms with van der Waals surface area (Å²) in [6.45, 7) is 7.32. The van der Waals surface area contributed by atoms with Crippen molar-refractivity contribution in [3.63, 3.8) is 0 Å². The number of carbonyl (C=O) groups is 1. The molecule has 8 heteroatoms. The quantitative estimate of drug-likeness (QED) is 0.402. The highest BCUT2D eigenvalue weighted by atomic mass is 79.9. The molecule has 0 radical (unpaired) electrons. The topological polar surface area (TPSA) is 35.5 Å². The van der Waals surface area contributed by atoms with Gasteiger partial charge in [-0.1, -0.05) is 25.7 Å². The first-order valence-corrected chi connectivity index (χ1v) is 11.9. The van der Waals surface area contributed by atoms with E-state index in [9.17, 15) is 13.6 Å². The summed E-state index contributed by atoms with van der Waals surface area (Å²) in [4.78, 5) is 9.51. The number of alkyl halides is 3. The van der Waals surface area contributed by atoms with Crippen molar-refractivity contribution in [1.29, 1.82) is 0 Å². The second kappa shape index (κ2) is 5.72. The van der Waals surface area contributed by atoms with E-state index < -0.39 is 24.5 Å². The second-order valence-electron chi connectivity index (χ2n) is 5.93. The molecule has 0 N–H and O–H groups in total. The molecule has 1 atom stereocenters. The summed E-state index contributed by atoms with van der Waals surface area (Å²) < 4.78 is 38.9. The molecule has 1 aromatic heterocycles. The molecule has 0 fully saturated rings. The zero-order valence-electron chi connectivity index (χ0n) is 12.7. The molecule has 1 aromatic rings. The number of esters is 1. The van der Waals surface area contributed by atoms with Crippen LogP contribution in [-0.4, -0.2) is 31.1 Å². The number of ether oxygens (including phenoxy) is 2. The van der Waals surface area contributed by atoms with Crippen LogP contribution in [0, 0.1) is 0 Å². The van der Waals surface area contributed by atoms with E-state index >= 15 is 0 Å². The molecule has 0 saturated heterocycles. The maximum absolute atomic E-state index is 14.3. The summed E-state index contributed by atoms with van der Waals surface area (Å²) in [5, 5.41) is 2.22. The average molecular weight is 411 g/mol. The van der Waals surface area contributed by atoms with E-state index in [4.69, 9.17) is 9.47 Å². The van der Waals surface area contributed by atoms with Gasteiger partial charge in [0.05, 0.1) is 19.6 Å². The Morgan fingerprint density at radius 3 is 2.55 bits per heavy atom. The van der Waals surface area contributed by atoms with Gasteiger partial charge in [0.1, 0.15) is 5.76 Å². The van der Waals surface area contributed by atoms with Crippen LogP contribution in [0.1, 0.15) is 11.8 Å². The third kappa shape index (κ3) is 2.65. The van der Waals surface area contributed by atoms with E-state index in [0.717, 1.165) is 4.88 Å². The highest BCUT2D eigenvalue weighted by Crippen LogP contribution is 2.57. The zero-order valence-corrected chi connectivity index (χ0v) is 16.1. The number of rotatable bonds is 5. The molecule has 3 nitrogen and oxygen atoms in total. The van der Waals surface area contributed by atoms with E-state index in [0.29, 0.717) is 11.0 Å². The SMILES string of the molecule is CCOC(=O)[C@]1(C(F)(F)Br)OC(c2cccs2)=C1[Si](C)(C)C. The van der Waals surface area contributed by atoms with Crippen LogP contribution >= 0.6 is 27.3 Å². The molecule has 0 aliphatic carbocycles. The molecule has 0 saturated carbocycles. The molecular weight excluding hydrogens is 394 g/mol. The first-order chi connectivity index (χ1) is 10.1. The van der Waals surface area contributed by atoms with Crippen molar-refractivity contribution in [2.45, 2.75) is 37.0 Å². The normalized spacial score (nSPS) is 22.1. The molecule has 1 aliphatic heterocycles. The summed E-state index contributed by atoms with van der Waals surface area (Å²) in [7, 11) is -2.28. The van der Waals surface area contributed by atoms with E-state index in [1.54, 1.807) is 13.0 Å². The fourth-order valence-corrected chi connectivity index (χ4v) is 6.17. The van der Waals surface area contributed by atoms with Crippen molar-refractivity contribution in [2.24, 2.45) is 0 Å². The summed E-state index contributed by atoms with van der Waals surface area (Å²) in [6.07, 6.45) is 0. The van der Waals surface area contributed by atoms with Crippen LogP contribution in [0.3, 0.4) is 0 Å². The van der Waals surface area contributed by atoms with Crippen LogP contribution in [0.5, 0.6) is 0 Å². The number of halogens is 3. The Bertz CT molecular complexity index is 605. The predicted molar refractivity (Wildman–Crippen MR) is 88.9 cm³/mol. The molecule has 0 unspecified atom stereocenters. The fourth-order valence-electron chi connectivity index (χ4n) is 2.51. The molecular formula is C14H17BrF2O3SSi. The van der Waals surface area contributed by atoms with Crippen LogP contribution in [0.4, 0.5) is 8.78 Å². The van der Waals surface area contributed by atoms with Gasteiger partial charge in [-0.25, -0.2) is 4.79 Å². The maximum Gasteiger partial charge on any atom is 0.362 e. The molecule has 0 spiro atoms. The van der Waals surface area contributed by atoms with Gasteiger partial charge in [-0.3, -0.25) is 0 Å². The van der Waals surface area contributed by atoms with Gasteiger partial charge in [-0.15, -0.1) is 11.3 Å². The number of carbonyl (C=O) groups excluding carboxylic acids is 1. The van der Waals surface area contributed by atoms with Crippen molar-refractivity contribution < 1.29 is 23.0 Å². The number of thiophene rings is 1. The number of hydrogen-bond acceptors (Lipinski definition) is 4. The van der Waals surface area contributed by atoms with E-state index in [-0.39, 0.29) is 6.61 Å². The van der Waals surface area contributed by atoms with Crippen LogP contribution in [0.25, 0.3) is 5.76 Å². The largest absolute Gasteiger partial charge is 0.463 e. The smallest absolute Gasteiger partial charge is 0.362 e. The summed E-state index contributed by atoms with van der Waals surface area (Å²) in [5.41, 5.74) is -2.37. The van der Waals surface area contributed by atoms with Crippen LogP contribution in [0.15, 0.2) is 22.7 Å². The van der Waals surface area contributed by atoms with Gasteiger partial charge in [0.2, 0.25) is 0 Å². The van der Waals surface area contributed by atoms with Crippen molar-refractivity contribution in [3.8, 4) is 0 Å². The monoisotopic (exact) mass is 410 g/mol. The third-order valence-electron chi connectivity index (χ3n) is 3.29. The molecule has 2 rings (SSSR count). The lowest BCUT2D eigenvalue weighted by atomic mass is 9.96. The Kier molecular flexibility index (Phi) is 4.58.